The van der Waals surface area contributed by atoms with Gasteiger partial charge in [0.1, 0.15) is 6.33 Å². The maximum atomic E-state index is 4.45. The van der Waals surface area contributed by atoms with E-state index in [2.05, 4.69) is 54.5 Å². The van der Waals surface area contributed by atoms with Crippen molar-refractivity contribution in [2.75, 3.05) is 35.7 Å². The zero-order valence-electron chi connectivity index (χ0n) is 12.8. The summed E-state index contributed by atoms with van der Waals surface area (Å²) in [6.07, 6.45) is 1.66. The largest absolute Gasteiger partial charge is 0.357 e. The first kappa shape index (κ1) is 14.9. The van der Waals surface area contributed by atoms with Gasteiger partial charge in [0.05, 0.1) is 6.54 Å². The van der Waals surface area contributed by atoms with Crippen LogP contribution in [0.25, 0.3) is 0 Å². The summed E-state index contributed by atoms with van der Waals surface area (Å²) in [5.41, 5.74) is 0. The van der Waals surface area contributed by atoms with Gasteiger partial charge in [0.25, 0.3) is 0 Å². The van der Waals surface area contributed by atoms with Crippen LogP contribution in [-0.2, 0) is 13.6 Å². The fourth-order valence-corrected chi connectivity index (χ4v) is 1.83. The van der Waals surface area contributed by atoms with Gasteiger partial charge in [0.2, 0.25) is 17.8 Å². The lowest BCUT2D eigenvalue weighted by Crippen LogP contribution is -2.25. The first-order valence-corrected chi connectivity index (χ1v) is 6.93. The molecule has 0 radical (unpaired) electrons. The van der Waals surface area contributed by atoms with Gasteiger partial charge in [0, 0.05) is 27.2 Å². The number of nitrogens with one attached hydrogen (secondary N) is 2. The van der Waals surface area contributed by atoms with E-state index in [4.69, 9.17) is 0 Å². The number of hydrogen-bond acceptors (Lipinski definition) is 8. The Kier molecular flexibility index (Phi) is 4.85. The van der Waals surface area contributed by atoms with Crippen LogP contribution < -0.4 is 15.5 Å². The highest BCUT2D eigenvalue weighted by atomic mass is 15.3. The molecule has 0 fully saturated rings. The molecule has 9 heteroatoms. The lowest BCUT2D eigenvalue weighted by atomic mass is 10.5. The number of hydrogen-bond donors (Lipinski definition) is 2. The summed E-state index contributed by atoms with van der Waals surface area (Å²) in [5, 5.41) is 14.0. The zero-order chi connectivity index (χ0) is 15.2. The lowest BCUT2D eigenvalue weighted by molar-refractivity contribution is 0.794. The first-order valence-electron chi connectivity index (χ1n) is 6.93. The minimum Gasteiger partial charge on any atom is -0.357 e. The third-order valence-corrected chi connectivity index (χ3v) is 3.10. The third kappa shape index (κ3) is 3.56. The van der Waals surface area contributed by atoms with E-state index in [1.165, 1.54) is 0 Å². The van der Waals surface area contributed by atoms with E-state index in [0.29, 0.717) is 24.4 Å². The van der Waals surface area contributed by atoms with E-state index in [0.717, 1.165) is 18.9 Å². The lowest BCUT2D eigenvalue weighted by Gasteiger charge is -2.19. The molecule has 0 unspecified atom stereocenters. The van der Waals surface area contributed by atoms with Gasteiger partial charge in [0.15, 0.2) is 5.82 Å². The topological polar surface area (TPSA) is 96.7 Å². The highest BCUT2D eigenvalue weighted by molar-refractivity contribution is 5.43. The van der Waals surface area contributed by atoms with Gasteiger partial charge in [-0.2, -0.15) is 15.0 Å². The SMILES string of the molecule is CCN(CC)c1nc(NC)nc(NCc2nncn2C)n1. The van der Waals surface area contributed by atoms with Crippen molar-refractivity contribution in [3.8, 4) is 0 Å². The Morgan fingerprint density at radius 2 is 1.86 bits per heavy atom. The number of aromatic nitrogens is 6. The average Bonchev–Trinajstić information content (AvgIpc) is 2.91. The molecule has 9 nitrogen and oxygen atoms in total. The molecule has 0 spiro atoms. The van der Waals surface area contributed by atoms with Gasteiger partial charge in [-0.1, -0.05) is 0 Å². The van der Waals surface area contributed by atoms with Crippen molar-refractivity contribution >= 4 is 17.8 Å². The molecule has 0 saturated carbocycles. The summed E-state index contributed by atoms with van der Waals surface area (Å²) in [6.45, 7) is 6.32. The summed E-state index contributed by atoms with van der Waals surface area (Å²) in [6, 6.07) is 0. The number of anilines is 3. The summed E-state index contributed by atoms with van der Waals surface area (Å²) in [7, 11) is 3.68. The van der Waals surface area contributed by atoms with Gasteiger partial charge < -0.3 is 20.1 Å². The molecule has 2 aromatic rings. The van der Waals surface area contributed by atoms with Crippen LogP contribution >= 0.6 is 0 Å². The molecule has 2 heterocycles. The molecule has 0 aliphatic heterocycles. The van der Waals surface area contributed by atoms with Gasteiger partial charge in [-0.25, -0.2) is 0 Å². The van der Waals surface area contributed by atoms with Crippen molar-refractivity contribution in [3.05, 3.63) is 12.2 Å². The van der Waals surface area contributed by atoms with Crippen molar-refractivity contribution in [3.63, 3.8) is 0 Å². The van der Waals surface area contributed by atoms with Crippen molar-refractivity contribution in [1.29, 1.82) is 0 Å². The highest BCUT2D eigenvalue weighted by Crippen LogP contribution is 2.13. The number of rotatable bonds is 7. The highest BCUT2D eigenvalue weighted by Gasteiger charge is 2.11. The Labute approximate surface area is 123 Å². The zero-order valence-corrected chi connectivity index (χ0v) is 12.8. The molecule has 0 amide bonds. The fraction of sp³-hybridized carbons (Fsp3) is 0.583. The molecule has 21 heavy (non-hydrogen) atoms. The molecule has 0 saturated heterocycles. The van der Waals surface area contributed by atoms with Gasteiger partial charge in [-0.3, -0.25) is 0 Å². The second kappa shape index (κ2) is 6.82. The quantitative estimate of drug-likeness (QED) is 0.761. The van der Waals surface area contributed by atoms with E-state index in [9.17, 15) is 0 Å². The molecule has 0 aromatic carbocycles. The predicted octanol–water partition coefficient (Wildman–Crippen LogP) is 0.500. The summed E-state index contributed by atoms with van der Waals surface area (Å²) < 4.78 is 1.85. The molecular weight excluding hydrogens is 270 g/mol. The summed E-state index contributed by atoms with van der Waals surface area (Å²) >= 11 is 0. The second-order valence-corrected chi connectivity index (χ2v) is 4.42. The summed E-state index contributed by atoms with van der Waals surface area (Å²) in [4.78, 5) is 15.2. The molecule has 0 atom stereocenters. The van der Waals surface area contributed by atoms with E-state index in [1.54, 1.807) is 13.4 Å². The Bertz CT molecular complexity index is 576. The summed E-state index contributed by atoms with van der Waals surface area (Å²) in [5.74, 6) is 2.51. The van der Waals surface area contributed by atoms with Crippen molar-refractivity contribution in [1.82, 2.24) is 29.7 Å². The standard InChI is InChI=1S/C12H21N9/c1-5-21(6-2)12-17-10(13-3)16-11(18-12)14-7-9-19-15-8-20(9)4/h8H,5-7H2,1-4H3,(H2,13,14,16,17,18). The average molecular weight is 291 g/mol. The Morgan fingerprint density at radius 1 is 1.14 bits per heavy atom. The van der Waals surface area contributed by atoms with Crippen LogP contribution in [0.5, 0.6) is 0 Å². The van der Waals surface area contributed by atoms with Gasteiger partial charge in [-0.15, -0.1) is 10.2 Å². The van der Waals surface area contributed by atoms with E-state index in [1.807, 2.05) is 11.6 Å². The normalized spacial score (nSPS) is 10.5. The van der Waals surface area contributed by atoms with E-state index >= 15 is 0 Å². The Balaban J connectivity index is 2.18. The number of nitrogens with zero attached hydrogens (tertiary/aromatic N) is 7. The Hall–Kier alpha value is -2.45. The van der Waals surface area contributed by atoms with Crippen molar-refractivity contribution < 1.29 is 0 Å². The van der Waals surface area contributed by atoms with Crippen molar-refractivity contribution in [2.24, 2.45) is 7.05 Å². The minimum absolute atomic E-state index is 0.501. The molecular formula is C12H21N9. The van der Waals surface area contributed by atoms with Gasteiger partial charge >= 0.3 is 0 Å². The molecule has 2 rings (SSSR count). The monoisotopic (exact) mass is 291 g/mol. The fourth-order valence-electron chi connectivity index (χ4n) is 1.83. The van der Waals surface area contributed by atoms with Crippen LogP contribution in [-0.4, -0.2) is 49.9 Å². The van der Waals surface area contributed by atoms with Crippen LogP contribution in [0.2, 0.25) is 0 Å². The minimum atomic E-state index is 0.501. The van der Waals surface area contributed by atoms with Crippen LogP contribution in [0.4, 0.5) is 17.8 Å². The molecule has 0 aliphatic rings. The first-order chi connectivity index (χ1) is 10.2. The maximum Gasteiger partial charge on any atom is 0.231 e. The molecule has 0 bridgehead atoms. The molecule has 2 aromatic heterocycles. The van der Waals surface area contributed by atoms with Crippen LogP contribution in [0.3, 0.4) is 0 Å². The number of aryl methyl sites for hydroxylation is 1. The Morgan fingerprint density at radius 3 is 2.43 bits per heavy atom. The third-order valence-electron chi connectivity index (χ3n) is 3.10. The van der Waals surface area contributed by atoms with Gasteiger partial charge in [-0.05, 0) is 13.8 Å². The van der Waals surface area contributed by atoms with E-state index in [-0.39, 0.29) is 0 Å². The molecule has 114 valence electrons. The van der Waals surface area contributed by atoms with Crippen LogP contribution in [0, 0.1) is 0 Å². The second-order valence-electron chi connectivity index (χ2n) is 4.42. The molecule has 2 N–H and O–H groups in total. The van der Waals surface area contributed by atoms with E-state index < -0.39 is 0 Å². The van der Waals surface area contributed by atoms with Crippen LogP contribution in [0.15, 0.2) is 6.33 Å². The van der Waals surface area contributed by atoms with Crippen LogP contribution in [0.1, 0.15) is 19.7 Å². The smallest absolute Gasteiger partial charge is 0.231 e. The maximum absolute atomic E-state index is 4.45. The molecule has 0 aliphatic carbocycles. The predicted molar refractivity (Wildman–Crippen MR) is 81.3 cm³/mol. The van der Waals surface area contributed by atoms with Crippen molar-refractivity contribution in [2.45, 2.75) is 20.4 Å².